The lowest BCUT2D eigenvalue weighted by molar-refractivity contribution is -0.137. The lowest BCUT2D eigenvalue weighted by Crippen LogP contribution is -2.04. The van der Waals surface area contributed by atoms with E-state index in [0.29, 0.717) is 14.9 Å². The molecule has 0 nitrogen and oxygen atoms in total. The van der Waals surface area contributed by atoms with Crippen molar-refractivity contribution in [1.29, 1.82) is 0 Å². The van der Waals surface area contributed by atoms with E-state index in [2.05, 4.69) is 64.0 Å². The summed E-state index contributed by atoms with van der Waals surface area (Å²) in [7, 11) is 0. The van der Waals surface area contributed by atoms with Gasteiger partial charge < -0.3 is 0 Å². The van der Waals surface area contributed by atoms with Gasteiger partial charge in [0.2, 0.25) is 0 Å². The molecule has 0 aliphatic carbocycles. The molecular formula is C51H34Cl5F3S10. The van der Waals surface area contributed by atoms with Crippen LogP contribution in [0, 0.1) is 0 Å². The average Bonchev–Trinajstić information content (AvgIpc) is 4.21. The highest BCUT2D eigenvalue weighted by molar-refractivity contribution is 8.02. The number of hydrogen-bond acceptors (Lipinski definition) is 10. The van der Waals surface area contributed by atoms with Gasteiger partial charge in [-0.1, -0.05) is 171 Å². The first-order chi connectivity index (χ1) is 33.4. The highest BCUT2D eigenvalue weighted by Crippen LogP contribution is 2.38. The number of rotatable bonds is 10. The number of thiophene rings is 5. The Hall–Kier alpha value is -2.41. The van der Waals surface area contributed by atoms with Gasteiger partial charge in [-0.05, 0) is 148 Å². The van der Waals surface area contributed by atoms with Gasteiger partial charge >= 0.3 is 6.18 Å². The first-order valence-corrected chi connectivity index (χ1v) is 30.2. The van der Waals surface area contributed by atoms with Crippen molar-refractivity contribution in [3.05, 3.63) is 234 Å². The maximum absolute atomic E-state index is 12.4. The summed E-state index contributed by atoms with van der Waals surface area (Å²) in [4.78, 5) is 5.26. The van der Waals surface area contributed by atoms with Gasteiger partial charge in [-0.2, -0.15) is 13.2 Å². The molecule has 10 rings (SSSR count). The molecule has 0 atom stereocenters. The zero-order valence-electron chi connectivity index (χ0n) is 35.2. The zero-order chi connectivity index (χ0) is 48.9. The van der Waals surface area contributed by atoms with E-state index >= 15 is 0 Å². The largest absolute Gasteiger partial charge is 0.416 e. The van der Waals surface area contributed by atoms with Crippen LogP contribution in [0.2, 0.25) is 25.1 Å². The van der Waals surface area contributed by atoms with Crippen LogP contribution in [0.4, 0.5) is 13.2 Å². The monoisotopic (exact) mass is 1200 g/mol. The third-order valence-electron chi connectivity index (χ3n) is 8.06. The van der Waals surface area contributed by atoms with E-state index in [1.165, 1.54) is 61.9 Å². The molecule has 5 heterocycles. The summed E-state index contributed by atoms with van der Waals surface area (Å²) in [6.45, 7) is 0. The molecule has 69 heavy (non-hydrogen) atoms. The van der Waals surface area contributed by atoms with E-state index in [1.807, 2.05) is 115 Å². The molecule has 0 bridgehead atoms. The van der Waals surface area contributed by atoms with Crippen molar-refractivity contribution in [2.75, 3.05) is 0 Å². The van der Waals surface area contributed by atoms with E-state index in [0.717, 1.165) is 35.1 Å². The molecule has 0 unspecified atom stereocenters. The van der Waals surface area contributed by atoms with E-state index in [1.54, 1.807) is 98.5 Å². The summed E-state index contributed by atoms with van der Waals surface area (Å²) in [6, 6.07) is 55.1. The van der Waals surface area contributed by atoms with Gasteiger partial charge in [0.25, 0.3) is 0 Å². The van der Waals surface area contributed by atoms with Crippen LogP contribution >= 0.6 is 173 Å². The lowest BCUT2D eigenvalue weighted by Gasteiger charge is -2.07. The summed E-state index contributed by atoms with van der Waals surface area (Å²) in [5.41, 5.74) is -0.603. The second kappa shape index (κ2) is 29.9. The predicted molar refractivity (Wildman–Crippen MR) is 304 cm³/mol. The average molecular weight is 1200 g/mol. The van der Waals surface area contributed by atoms with Crippen molar-refractivity contribution in [2.45, 2.75) is 51.7 Å². The Bertz CT molecular complexity index is 2960. The molecule has 0 N–H and O–H groups in total. The summed E-state index contributed by atoms with van der Waals surface area (Å²) in [6.07, 6.45) is -4.27. The Morgan fingerprint density at radius 3 is 1.20 bits per heavy atom. The molecule has 5 aromatic carbocycles. The molecule has 354 valence electrons. The Morgan fingerprint density at radius 2 is 0.754 bits per heavy atom. The minimum atomic E-state index is -4.27. The van der Waals surface area contributed by atoms with Gasteiger partial charge in [0.05, 0.1) is 41.7 Å². The molecule has 0 saturated heterocycles. The van der Waals surface area contributed by atoms with Crippen LogP contribution < -0.4 is 0 Å². The maximum atomic E-state index is 12.4. The summed E-state index contributed by atoms with van der Waals surface area (Å²) < 4.78 is 43.4. The van der Waals surface area contributed by atoms with Crippen LogP contribution in [0.15, 0.2) is 248 Å². The first kappa shape index (κ1) is 55.9. The fraction of sp³-hybridized carbons (Fsp3) is 0.0196. The van der Waals surface area contributed by atoms with Crippen LogP contribution in [0.3, 0.4) is 0 Å². The Kier molecular flexibility index (Phi) is 24.3. The molecule has 18 heteroatoms. The van der Waals surface area contributed by atoms with Crippen molar-refractivity contribution >= 4 is 173 Å². The molecule has 0 aliphatic rings. The molecule has 5 aromatic heterocycles. The molecule has 0 radical (unpaired) electrons. The highest BCUT2D eigenvalue weighted by Gasteiger charge is 2.30. The first-order valence-electron chi connectivity index (χ1n) is 19.8. The van der Waals surface area contributed by atoms with Gasteiger partial charge in [0.15, 0.2) is 0 Å². The fourth-order valence-electron chi connectivity index (χ4n) is 5.02. The van der Waals surface area contributed by atoms with E-state index in [9.17, 15) is 13.2 Å². The normalized spacial score (nSPS) is 10.6. The highest BCUT2D eigenvalue weighted by atomic mass is 35.5. The second-order valence-electron chi connectivity index (χ2n) is 13.1. The van der Waals surface area contributed by atoms with Crippen molar-refractivity contribution in [1.82, 2.24) is 0 Å². The molecule has 0 spiro atoms. The minimum Gasteiger partial charge on any atom is -0.166 e. The van der Waals surface area contributed by atoms with Crippen LogP contribution in [0.25, 0.3) is 0 Å². The van der Waals surface area contributed by atoms with Gasteiger partial charge in [0, 0.05) is 34.5 Å². The Balaban J connectivity index is 0.000000142. The zero-order valence-corrected chi connectivity index (χ0v) is 47.2. The van der Waals surface area contributed by atoms with E-state index < -0.39 is 11.7 Å². The second-order valence-corrected chi connectivity index (χ2v) is 26.8. The minimum absolute atomic E-state index is 0.599. The predicted octanol–water partition coefficient (Wildman–Crippen LogP) is 23.8. The number of halogens is 8. The van der Waals surface area contributed by atoms with Crippen LogP contribution in [0.1, 0.15) is 5.56 Å². The third-order valence-corrected chi connectivity index (χ3v) is 20.0. The van der Waals surface area contributed by atoms with Crippen LogP contribution in [0.5, 0.6) is 0 Å². The van der Waals surface area contributed by atoms with Gasteiger partial charge in [0.1, 0.15) is 0 Å². The SMILES string of the molecule is Clc1ccc(Sc2cccs2)cc1.Clc1ccc(Sc2cccs2)cc1Cl.Clc1cccc(Sc2cccs2)c1.Clc1ccccc1Sc1cccs1.FC(F)(F)c1cccc(Sc2cccs2)c1. The molecule has 0 fully saturated rings. The molecule has 0 aliphatic heterocycles. The summed E-state index contributed by atoms with van der Waals surface area (Å²) >= 11 is 46.1. The van der Waals surface area contributed by atoms with Gasteiger partial charge in [-0.25, -0.2) is 0 Å². The van der Waals surface area contributed by atoms with E-state index in [-0.39, 0.29) is 0 Å². The molecule has 0 amide bonds. The number of alkyl halides is 3. The van der Waals surface area contributed by atoms with Crippen molar-refractivity contribution in [2.24, 2.45) is 0 Å². The molecule has 10 aromatic rings. The van der Waals surface area contributed by atoms with Gasteiger partial charge in [-0.3, -0.25) is 0 Å². The Morgan fingerprint density at radius 1 is 0.319 bits per heavy atom. The topological polar surface area (TPSA) is 0 Å². The Labute approximate surface area is 466 Å². The quantitative estimate of drug-likeness (QED) is 0.133. The van der Waals surface area contributed by atoms with E-state index in [4.69, 9.17) is 58.0 Å². The smallest absolute Gasteiger partial charge is 0.166 e. The van der Waals surface area contributed by atoms with Crippen LogP contribution in [-0.2, 0) is 6.18 Å². The summed E-state index contributed by atoms with van der Waals surface area (Å²) in [5.74, 6) is 0. The van der Waals surface area contributed by atoms with Crippen molar-refractivity contribution in [3.8, 4) is 0 Å². The van der Waals surface area contributed by atoms with Crippen LogP contribution in [-0.4, -0.2) is 0 Å². The molecular weight excluding hydrogens is 1170 g/mol. The molecule has 0 saturated carbocycles. The number of hydrogen-bond donors (Lipinski definition) is 0. The van der Waals surface area contributed by atoms with Crippen molar-refractivity contribution < 1.29 is 13.2 Å². The lowest BCUT2D eigenvalue weighted by atomic mass is 10.2. The third kappa shape index (κ3) is 20.9. The number of benzene rings is 5. The van der Waals surface area contributed by atoms with Crippen molar-refractivity contribution in [3.63, 3.8) is 0 Å². The summed E-state index contributed by atoms with van der Waals surface area (Å²) in [5, 5.41) is 13.8. The van der Waals surface area contributed by atoms with Gasteiger partial charge in [-0.15, -0.1) is 56.7 Å². The fourth-order valence-corrected chi connectivity index (χ4v) is 14.9. The maximum Gasteiger partial charge on any atom is 0.416 e. The standard InChI is InChI=1S/C11H7F3S2.C10H6Cl2S2.3C10H7ClS2/c12-11(13,14)8-3-1-4-9(7-8)16-10-5-2-6-15-10;11-8-4-3-7(6-9(8)12)14-10-2-1-5-13-10;11-8-3-1-4-9(7-8)13-10-5-2-6-12-10;11-8-3-5-9(6-4-8)13-10-2-1-7-12-10;11-8-4-1-2-5-9(8)13-10-6-3-7-12-10/h1-7H;1-6H;3*1-7H.